The third kappa shape index (κ3) is 5.67. The number of hydrogen-bond donors (Lipinski definition) is 0. The quantitative estimate of drug-likeness (QED) is 0.271. The van der Waals surface area contributed by atoms with E-state index >= 15 is 0 Å². The van der Waals surface area contributed by atoms with E-state index in [1.807, 2.05) is 43.3 Å². The first-order valence-corrected chi connectivity index (χ1v) is 10.5. The average molecular weight is 439 g/mol. The van der Waals surface area contributed by atoms with Crippen LogP contribution in [0.2, 0.25) is 0 Å². The first-order valence-electron chi connectivity index (χ1n) is 9.65. The van der Waals surface area contributed by atoms with Crippen LogP contribution in [0.1, 0.15) is 22.3 Å². The van der Waals surface area contributed by atoms with Crippen molar-refractivity contribution >= 4 is 40.5 Å². The first-order chi connectivity index (χ1) is 14.9. The van der Waals surface area contributed by atoms with Crippen molar-refractivity contribution in [1.82, 2.24) is 4.90 Å². The summed E-state index contributed by atoms with van der Waals surface area (Å²) in [7, 11) is 3.93. The molecule has 1 aliphatic heterocycles. The van der Waals surface area contributed by atoms with Crippen molar-refractivity contribution in [3.63, 3.8) is 0 Å². The van der Waals surface area contributed by atoms with E-state index in [9.17, 15) is 14.0 Å². The average Bonchev–Trinajstić information content (AvgIpc) is 3.04. The van der Waals surface area contributed by atoms with E-state index in [1.165, 1.54) is 40.9 Å². The van der Waals surface area contributed by atoms with Crippen molar-refractivity contribution in [2.75, 3.05) is 25.5 Å². The number of carbonyl (C=O) groups excluding carboxylic acids is 2. The molecular formula is C23H23FN4O2S. The number of amidine groups is 1. The lowest BCUT2D eigenvalue weighted by molar-refractivity contribution is -0.125. The van der Waals surface area contributed by atoms with Crippen LogP contribution in [0.4, 0.5) is 10.1 Å². The number of benzene rings is 2. The Morgan fingerprint density at radius 2 is 1.87 bits per heavy atom. The molecule has 8 heteroatoms. The fraction of sp³-hybridized carbons (Fsp3) is 0.217. The molecule has 0 radical (unpaired) electrons. The molecule has 0 saturated carbocycles. The Hall–Kier alpha value is -3.26. The van der Waals surface area contributed by atoms with Gasteiger partial charge in [0, 0.05) is 38.3 Å². The van der Waals surface area contributed by atoms with Gasteiger partial charge in [-0.2, -0.15) is 5.10 Å². The highest BCUT2D eigenvalue weighted by Gasteiger charge is 2.38. The molecule has 1 aliphatic rings. The first kappa shape index (κ1) is 22.4. The van der Waals surface area contributed by atoms with E-state index in [1.54, 1.807) is 12.3 Å². The molecule has 0 spiro atoms. The van der Waals surface area contributed by atoms with E-state index in [2.05, 4.69) is 16.8 Å². The predicted molar refractivity (Wildman–Crippen MR) is 124 cm³/mol. The molecule has 0 aromatic heterocycles. The summed E-state index contributed by atoms with van der Waals surface area (Å²) in [6.07, 6.45) is 3.21. The van der Waals surface area contributed by atoms with Crippen LogP contribution in [0, 0.1) is 5.82 Å². The van der Waals surface area contributed by atoms with E-state index in [-0.39, 0.29) is 24.7 Å². The van der Waals surface area contributed by atoms with Gasteiger partial charge in [-0.3, -0.25) is 14.5 Å². The largest absolute Gasteiger partial charge is 0.378 e. The number of halogens is 1. The van der Waals surface area contributed by atoms with E-state index in [0.717, 1.165) is 11.3 Å². The van der Waals surface area contributed by atoms with Crippen LogP contribution in [-0.2, 0) is 4.79 Å². The lowest BCUT2D eigenvalue weighted by Crippen LogP contribution is -2.32. The van der Waals surface area contributed by atoms with Gasteiger partial charge in [0.15, 0.2) is 11.0 Å². The minimum absolute atomic E-state index is 0.00247. The molecule has 31 heavy (non-hydrogen) atoms. The topological polar surface area (TPSA) is 65.3 Å². The van der Waals surface area contributed by atoms with Gasteiger partial charge >= 0.3 is 0 Å². The summed E-state index contributed by atoms with van der Waals surface area (Å²) >= 11 is 1.20. The normalized spacial score (nSPS) is 17.5. The van der Waals surface area contributed by atoms with Gasteiger partial charge in [-0.15, -0.1) is 11.7 Å². The van der Waals surface area contributed by atoms with Crippen LogP contribution >= 0.6 is 11.8 Å². The van der Waals surface area contributed by atoms with Crippen molar-refractivity contribution in [2.24, 2.45) is 10.2 Å². The van der Waals surface area contributed by atoms with Gasteiger partial charge in [0.1, 0.15) is 5.82 Å². The summed E-state index contributed by atoms with van der Waals surface area (Å²) in [6, 6.07) is 13.1. The van der Waals surface area contributed by atoms with Gasteiger partial charge in [-0.05, 0) is 42.0 Å². The summed E-state index contributed by atoms with van der Waals surface area (Å²) in [4.78, 5) is 28.7. The van der Waals surface area contributed by atoms with Crippen molar-refractivity contribution in [1.29, 1.82) is 0 Å². The second-order valence-corrected chi connectivity index (χ2v) is 8.26. The van der Waals surface area contributed by atoms with Crippen molar-refractivity contribution < 1.29 is 14.0 Å². The van der Waals surface area contributed by atoms with Gasteiger partial charge in [0.2, 0.25) is 5.91 Å². The maximum Gasteiger partial charge on any atom is 0.242 e. The Balaban J connectivity index is 1.71. The van der Waals surface area contributed by atoms with Gasteiger partial charge in [-0.25, -0.2) is 4.39 Å². The number of carbonyl (C=O) groups is 2. The van der Waals surface area contributed by atoms with Crippen LogP contribution in [-0.4, -0.2) is 53.9 Å². The zero-order valence-corrected chi connectivity index (χ0v) is 18.2. The van der Waals surface area contributed by atoms with Crippen LogP contribution < -0.4 is 4.90 Å². The molecule has 1 saturated heterocycles. The highest BCUT2D eigenvalue weighted by atomic mass is 32.2. The van der Waals surface area contributed by atoms with E-state index in [4.69, 9.17) is 0 Å². The Morgan fingerprint density at radius 3 is 2.48 bits per heavy atom. The number of Topliss-reactive ketones (excluding diaryl/α,β-unsaturated/α-hetero) is 1. The SMILES string of the molecule is C=CCN1C(=O)C(CC(=O)c2ccc(F)cc2)S/C1=N\N=C\c1ccc(N(C)C)cc1. The van der Waals surface area contributed by atoms with Crippen molar-refractivity contribution in [2.45, 2.75) is 11.7 Å². The third-order valence-corrected chi connectivity index (χ3v) is 5.79. The molecule has 1 atom stereocenters. The molecule has 1 unspecified atom stereocenters. The number of hydrogen-bond acceptors (Lipinski definition) is 6. The fourth-order valence-electron chi connectivity index (χ4n) is 2.94. The lowest BCUT2D eigenvalue weighted by Gasteiger charge is -2.12. The molecule has 1 fully saturated rings. The number of anilines is 1. The van der Waals surface area contributed by atoms with Crippen molar-refractivity contribution in [3.8, 4) is 0 Å². The third-order valence-electron chi connectivity index (χ3n) is 4.63. The zero-order chi connectivity index (χ0) is 22.4. The minimum Gasteiger partial charge on any atom is -0.378 e. The van der Waals surface area contributed by atoms with Gasteiger partial charge < -0.3 is 4.90 Å². The van der Waals surface area contributed by atoms with E-state index < -0.39 is 11.1 Å². The molecule has 6 nitrogen and oxygen atoms in total. The monoisotopic (exact) mass is 438 g/mol. The molecule has 160 valence electrons. The number of ketones is 1. The number of rotatable bonds is 8. The molecule has 1 heterocycles. The molecule has 0 bridgehead atoms. The molecule has 0 N–H and O–H groups in total. The summed E-state index contributed by atoms with van der Waals surface area (Å²) < 4.78 is 13.1. The fourth-order valence-corrected chi connectivity index (χ4v) is 4.04. The number of thioether (sulfide) groups is 1. The maximum absolute atomic E-state index is 13.1. The summed E-state index contributed by atoms with van der Waals surface area (Å²) in [6.45, 7) is 3.96. The summed E-state index contributed by atoms with van der Waals surface area (Å²) in [5, 5.41) is 8.14. The summed E-state index contributed by atoms with van der Waals surface area (Å²) in [5.41, 5.74) is 2.32. The molecule has 2 aromatic rings. The standard InChI is InChI=1S/C23H23FN4O2S/c1-4-13-28-22(30)21(14-20(29)17-7-9-18(24)10-8-17)31-23(28)26-25-15-16-5-11-19(12-6-16)27(2)3/h4-12,15,21H,1,13-14H2,2-3H3/b25-15+,26-23-. The van der Waals surface area contributed by atoms with Crippen LogP contribution in [0.25, 0.3) is 0 Å². The highest BCUT2D eigenvalue weighted by Crippen LogP contribution is 2.30. The molecular weight excluding hydrogens is 415 g/mol. The van der Waals surface area contributed by atoms with Gasteiger partial charge in [0.25, 0.3) is 0 Å². The number of amides is 1. The lowest BCUT2D eigenvalue weighted by atomic mass is 10.1. The second kappa shape index (κ2) is 10.2. The van der Waals surface area contributed by atoms with Gasteiger partial charge in [-0.1, -0.05) is 30.0 Å². The second-order valence-electron chi connectivity index (χ2n) is 7.09. The highest BCUT2D eigenvalue weighted by molar-refractivity contribution is 8.15. The Morgan fingerprint density at radius 1 is 1.19 bits per heavy atom. The Bertz CT molecular complexity index is 1020. The Kier molecular flexibility index (Phi) is 7.36. The molecule has 2 aromatic carbocycles. The zero-order valence-electron chi connectivity index (χ0n) is 17.4. The van der Waals surface area contributed by atoms with Crippen LogP contribution in [0.3, 0.4) is 0 Å². The minimum atomic E-state index is -0.606. The van der Waals surface area contributed by atoms with Crippen LogP contribution in [0.15, 0.2) is 71.4 Å². The Labute approximate surface area is 185 Å². The predicted octanol–water partition coefficient (Wildman–Crippen LogP) is 3.98. The van der Waals surface area contributed by atoms with Crippen LogP contribution in [0.5, 0.6) is 0 Å². The van der Waals surface area contributed by atoms with E-state index in [0.29, 0.717) is 10.7 Å². The maximum atomic E-state index is 13.1. The molecule has 3 rings (SSSR count). The molecule has 1 amide bonds. The summed E-state index contributed by atoms with van der Waals surface area (Å²) in [5.74, 6) is -0.858. The molecule has 0 aliphatic carbocycles. The van der Waals surface area contributed by atoms with Crippen molar-refractivity contribution in [3.05, 3.63) is 78.1 Å². The van der Waals surface area contributed by atoms with Gasteiger partial charge in [0.05, 0.1) is 11.5 Å². The number of nitrogens with zero attached hydrogens (tertiary/aromatic N) is 4. The smallest absolute Gasteiger partial charge is 0.242 e.